The summed E-state index contributed by atoms with van der Waals surface area (Å²) in [5.41, 5.74) is 0. The van der Waals surface area contributed by atoms with E-state index in [-0.39, 0.29) is 0 Å². The molecule has 0 bridgehead atoms. The van der Waals surface area contributed by atoms with Crippen LogP contribution in [0.4, 0.5) is 0 Å². The van der Waals surface area contributed by atoms with Crippen molar-refractivity contribution in [3.05, 3.63) is 0 Å². The van der Waals surface area contributed by atoms with Crippen LogP contribution in [0, 0.1) is 0 Å². The van der Waals surface area contributed by atoms with Crippen molar-refractivity contribution < 1.29 is 0 Å². The van der Waals surface area contributed by atoms with Crippen LogP contribution in [-0.4, -0.2) is 72.2 Å². The lowest BCUT2D eigenvalue weighted by molar-refractivity contribution is 0.0845. The molecule has 0 saturated carbocycles. The first-order chi connectivity index (χ1) is 11.4. The van der Waals surface area contributed by atoms with Gasteiger partial charge < -0.3 is 10.6 Å². The molecule has 2 N–H and O–H groups in total. The molecular formula is C20H42N4. The maximum atomic E-state index is 3.83. The normalized spacial score (nSPS) is 26.2. The van der Waals surface area contributed by atoms with Gasteiger partial charge in [0.1, 0.15) is 0 Å². The molecule has 142 valence electrons. The minimum atomic E-state index is 0.604. The Labute approximate surface area is 150 Å². The number of rotatable bonds is 10. The molecule has 0 spiro atoms. The molecule has 4 nitrogen and oxygen atoms in total. The van der Waals surface area contributed by atoms with Crippen molar-refractivity contribution in [3.8, 4) is 0 Å². The number of nitrogens with zero attached hydrogens (tertiary/aromatic N) is 2. The molecule has 4 heteroatoms. The molecule has 0 aliphatic carbocycles. The molecule has 24 heavy (non-hydrogen) atoms. The molecule has 3 atom stereocenters. The third-order valence-corrected chi connectivity index (χ3v) is 5.87. The van der Waals surface area contributed by atoms with Crippen LogP contribution in [0.15, 0.2) is 0 Å². The van der Waals surface area contributed by atoms with Gasteiger partial charge in [-0.05, 0) is 46.5 Å². The number of nitrogens with one attached hydrogen (secondary N) is 2. The van der Waals surface area contributed by atoms with Crippen LogP contribution < -0.4 is 10.6 Å². The van der Waals surface area contributed by atoms with Crippen LogP contribution in [0.1, 0.15) is 67.2 Å². The molecule has 0 aromatic carbocycles. The molecule has 0 aromatic rings. The van der Waals surface area contributed by atoms with E-state index in [9.17, 15) is 0 Å². The lowest BCUT2D eigenvalue weighted by Gasteiger charge is -2.43. The van der Waals surface area contributed by atoms with Crippen molar-refractivity contribution in [3.63, 3.8) is 0 Å². The topological polar surface area (TPSA) is 30.5 Å². The second-order valence-corrected chi connectivity index (χ2v) is 8.75. The molecule has 3 unspecified atom stereocenters. The lowest BCUT2D eigenvalue weighted by atomic mass is 10.0. The van der Waals surface area contributed by atoms with Gasteiger partial charge in [0.2, 0.25) is 0 Å². The summed E-state index contributed by atoms with van der Waals surface area (Å²) < 4.78 is 0. The van der Waals surface area contributed by atoms with Gasteiger partial charge in [0.25, 0.3) is 0 Å². The summed E-state index contributed by atoms with van der Waals surface area (Å²) in [6.07, 6.45) is 5.23. The Morgan fingerprint density at radius 1 is 0.875 bits per heavy atom. The number of hydrogen-bond donors (Lipinski definition) is 2. The minimum Gasteiger partial charge on any atom is -0.310 e. The van der Waals surface area contributed by atoms with Crippen LogP contribution in [0.2, 0.25) is 0 Å². The molecule has 2 fully saturated rings. The number of likely N-dealkylation sites (tertiary alicyclic amines) is 2. The van der Waals surface area contributed by atoms with Crippen molar-refractivity contribution in [2.24, 2.45) is 0 Å². The Kier molecular flexibility index (Phi) is 7.99. The van der Waals surface area contributed by atoms with E-state index in [4.69, 9.17) is 0 Å². The van der Waals surface area contributed by atoms with Crippen LogP contribution in [-0.2, 0) is 0 Å². The zero-order chi connectivity index (χ0) is 17.7. The molecule has 0 radical (unpaired) electrons. The summed E-state index contributed by atoms with van der Waals surface area (Å²) in [7, 11) is 0. The molecular weight excluding hydrogens is 296 g/mol. The Hall–Kier alpha value is -0.160. The van der Waals surface area contributed by atoms with E-state index in [1.807, 2.05) is 0 Å². The van der Waals surface area contributed by atoms with Crippen LogP contribution in [0.25, 0.3) is 0 Å². The molecule has 2 heterocycles. The minimum absolute atomic E-state index is 0.604. The third kappa shape index (κ3) is 5.98. The van der Waals surface area contributed by atoms with E-state index in [1.54, 1.807) is 0 Å². The first-order valence-electron chi connectivity index (χ1n) is 10.4. The smallest absolute Gasteiger partial charge is 0.0325 e. The zero-order valence-electron chi connectivity index (χ0n) is 17.0. The fourth-order valence-corrected chi connectivity index (χ4v) is 4.34. The highest BCUT2D eigenvalue weighted by molar-refractivity contribution is 4.90. The van der Waals surface area contributed by atoms with Crippen LogP contribution in [0.3, 0.4) is 0 Å². The zero-order valence-corrected chi connectivity index (χ0v) is 17.0. The predicted molar refractivity (Wildman–Crippen MR) is 105 cm³/mol. The van der Waals surface area contributed by atoms with Gasteiger partial charge in [-0.3, -0.25) is 9.80 Å². The number of hydrogen-bond acceptors (Lipinski definition) is 4. The average molecular weight is 339 g/mol. The maximum Gasteiger partial charge on any atom is 0.0325 e. The summed E-state index contributed by atoms with van der Waals surface area (Å²) in [6.45, 7) is 18.8. The summed E-state index contributed by atoms with van der Waals surface area (Å²) in [5.74, 6) is 0. The van der Waals surface area contributed by atoms with Gasteiger partial charge in [-0.25, -0.2) is 0 Å². The Balaban J connectivity index is 1.64. The second-order valence-electron chi connectivity index (χ2n) is 8.75. The van der Waals surface area contributed by atoms with Gasteiger partial charge >= 0.3 is 0 Å². The fourth-order valence-electron chi connectivity index (χ4n) is 4.34. The van der Waals surface area contributed by atoms with Crippen molar-refractivity contribution in [2.45, 2.75) is 103 Å². The Bertz CT molecular complexity index is 352. The highest BCUT2D eigenvalue weighted by Gasteiger charge is 2.30. The van der Waals surface area contributed by atoms with Gasteiger partial charge in [-0.15, -0.1) is 0 Å². The first kappa shape index (κ1) is 20.2. The van der Waals surface area contributed by atoms with Gasteiger partial charge in [-0.1, -0.05) is 20.8 Å². The van der Waals surface area contributed by atoms with E-state index in [2.05, 4.69) is 62.0 Å². The highest BCUT2D eigenvalue weighted by atomic mass is 15.3. The monoisotopic (exact) mass is 338 g/mol. The van der Waals surface area contributed by atoms with E-state index < -0.39 is 0 Å². The maximum absolute atomic E-state index is 3.83. The predicted octanol–water partition coefficient (Wildman–Crippen LogP) is 2.69. The molecule has 2 rings (SSSR count). The van der Waals surface area contributed by atoms with Gasteiger partial charge in [0.05, 0.1) is 0 Å². The van der Waals surface area contributed by atoms with E-state index in [1.165, 1.54) is 51.9 Å². The van der Waals surface area contributed by atoms with E-state index >= 15 is 0 Å². The molecule has 0 amide bonds. The van der Waals surface area contributed by atoms with E-state index in [0.717, 1.165) is 6.04 Å². The largest absolute Gasteiger partial charge is 0.310 e. The van der Waals surface area contributed by atoms with Gasteiger partial charge in [0, 0.05) is 62.4 Å². The Morgan fingerprint density at radius 3 is 2.12 bits per heavy atom. The van der Waals surface area contributed by atoms with Gasteiger partial charge in [0.15, 0.2) is 0 Å². The Morgan fingerprint density at radius 2 is 1.54 bits per heavy atom. The first-order valence-corrected chi connectivity index (χ1v) is 10.4. The summed E-state index contributed by atoms with van der Waals surface area (Å²) in [4.78, 5) is 5.28. The fraction of sp³-hybridized carbons (Fsp3) is 1.00. The average Bonchev–Trinajstić information content (AvgIpc) is 2.90. The van der Waals surface area contributed by atoms with Crippen molar-refractivity contribution in [2.75, 3.05) is 26.2 Å². The molecule has 2 aliphatic heterocycles. The quantitative estimate of drug-likeness (QED) is 0.641. The van der Waals surface area contributed by atoms with E-state index in [0.29, 0.717) is 30.2 Å². The summed E-state index contributed by atoms with van der Waals surface area (Å²) in [5, 5.41) is 7.54. The third-order valence-electron chi connectivity index (χ3n) is 5.87. The molecule has 0 aromatic heterocycles. The lowest BCUT2D eigenvalue weighted by Crippen LogP contribution is -2.61. The van der Waals surface area contributed by atoms with Crippen LogP contribution >= 0.6 is 0 Å². The van der Waals surface area contributed by atoms with Crippen LogP contribution in [0.5, 0.6) is 0 Å². The summed E-state index contributed by atoms with van der Waals surface area (Å²) in [6, 6.07) is 4.13. The standard InChI is InChI=1S/C20H42N4/c1-7-20(23-11-10-18(12-23)21-15(2)3)9-8-17(6)22-19-13-24(14-19)16(4)5/h15-22H,7-14H2,1-6H3. The van der Waals surface area contributed by atoms with Crippen molar-refractivity contribution in [1.82, 2.24) is 20.4 Å². The van der Waals surface area contributed by atoms with Crippen molar-refractivity contribution >= 4 is 0 Å². The van der Waals surface area contributed by atoms with Gasteiger partial charge in [-0.2, -0.15) is 0 Å². The highest BCUT2D eigenvalue weighted by Crippen LogP contribution is 2.20. The molecule has 2 aliphatic rings. The second kappa shape index (κ2) is 9.51. The SMILES string of the molecule is CCC(CCC(C)NC1CN(C(C)C)C1)N1CCC(NC(C)C)C1. The van der Waals surface area contributed by atoms with Crippen molar-refractivity contribution in [1.29, 1.82) is 0 Å². The summed E-state index contributed by atoms with van der Waals surface area (Å²) >= 11 is 0. The molecule has 2 saturated heterocycles.